The van der Waals surface area contributed by atoms with Crippen LogP contribution < -0.4 is 10.6 Å². The normalized spacial score (nSPS) is 15.7. The summed E-state index contributed by atoms with van der Waals surface area (Å²) in [6.45, 7) is 0. The van der Waals surface area contributed by atoms with E-state index in [1.54, 1.807) is 12.1 Å². The molecule has 1 amide bonds. The summed E-state index contributed by atoms with van der Waals surface area (Å²) in [6.07, 6.45) is 3.12. The van der Waals surface area contributed by atoms with E-state index in [9.17, 15) is 9.18 Å². The van der Waals surface area contributed by atoms with E-state index >= 15 is 0 Å². The van der Waals surface area contributed by atoms with Crippen molar-refractivity contribution in [1.29, 1.82) is 0 Å². The van der Waals surface area contributed by atoms with Crippen LogP contribution in [0.15, 0.2) is 52.9 Å². The molecule has 1 aliphatic rings. The maximum Gasteiger partial charge on any atom is 0.230 e. The van der Waals surface area contributed by atoms with Crippen LogP contribution >= 0.6 is 23.1 Å². The van der Waals surface area contributed by atoms with Gasteiger partial charge in [0.15, 0.2) is 4.34 Å². The molecule has 4 rings (SSSR count). The predicted octanol–water partition coefficient (Wildman–Crippen LogP) is 4.71. The van der Waals surface area contributed by atoms with Crippen LogP contribution in [0.2, 0.25) is 0 Å². The fraction of sp³-hybridized carbons (Fsp3) is 0.250. The largest absolute Gasteiger partial charge is 0.349 e. The number of nitrogens with one attached hydrogen (secondary N) is 2. The quantitative estimate of drug-likeness (QED) is 0.572. The number of hydrogen-bond donors (Lipinski definition) is 2. The van der Waals surface area contributed by atoms with Crippen LogP contribution in [-0.4, -0.2) is 21.9 Å². The first kappa shape index (κ1) is 18.9. The second-order valence-electron chi connectivity index (χ2n) is 6.51. The maximum atomic E-state index is 13.2. The third-order valence-electron chi connectivity index (χ3n) is 4.51. The Labute approximate surface area is 170 Å². The molecule has 1 heterocycles. The molecule has 28 heavy (non-hydrogen) atoms. The molecule has 1 aliphatic carbocycles. The van der Waals surface area contributed by atoms with E-state index in [2.05, 4.69) is 33.0 Å². The number of rotatable bonds is 6. The van der Waals surface area contributed by atoms with Gasteiger partial charge < -0.3 is 10.6 Å². The number of carbonyl (C=O) groups is 1. The van der Waals surface area contributed by atoms with E-state index in [-0.39, 0.29) is 23.5 Å². The average molecular weight is 415 g/mol. The molecule has 0 saturated heterocycles. The Kier molecular flexibility index (Phi) is 5.87. The fourth-order valence-electron chi connectivity index (χ4n) is 3.28. The van der Waals surface area contributed by atoms with Crippen LogP contribution in [-0.2, 0) is 11.2 Å². The Hall–Kier alpha value is -2.45. The summed E-state index contributed by atoms with van der Waals surface area (Å²) in [6, 6.07) is 14.5. The van der Waals surface area contributed by atoms with Crippen LogP contribution in [0.4, 0.5) is 15.2 Å². The van der Waals surface area contributed by atoms with Crippen LogP contribution in [0.25, 0.3) is 0 Å². The molecule has 0 saturated carbocycles. The lowest BCUT2D eigenvalue weighted by molar-refractivity contribution is -0.119. The van der Waals surface area contributed by atoms with Crippen molar-refractivity contribution in [2.24, 2.45) is 0 Å². The fourth-order valence-corrected chi connectivity index (χ4v) is 4.86. The van der Waals surface area contributed by atoms with Crippen molar-refractivity contribution in [3.05, 3.63) is 65.5 Å². The minimum Gasteiger partial charge on any atom is -0.349 e. The Morgan fingerprint density at radius 2 is 2.11 bits per heavy atom. The minimum atomic E-state index is -0.315. The number of halogens is 1. The summed E-state index contributed by atoms with van der Waals surface area (Å²) in [5.41, 5.74) is 3.16. The van der Waals surface area contributed by atoms with Gasteiger partial charge in [-0.3, -0.25) is 4.79 Å². The number of fused-ring (bicyclic) bond motifs is 1. The van der Waals surface area contributed by atoms with Crippen molar-refractivity contribution in [1.82, 2.24) is 15.5 Å². The van der Waals surface area contributed by atoms with Gasteiger partial charge in [0.25, 0.3) is 0 Å². The molecule has 0 bridgehead atoms. The highest BCUT2D eigenvalue weighted by molar-refractivity contribution is 8.01. The monoisotopic (exact) mass is 414 g/mol. The molecule has 0 fully saturated rings. The molecule has 0 radical (unpaired) electrons. The third-order valence-corrected chi connectivity index (χ3v) is 6.49. The summed E-state index contributed by atoms with van der Waals surface area (Å²) >= 11 is 2.69. The first-order chi connectivity index (χ1) is 13.7. The number of aromatic nitrogens is 2. The van der Waals surface area contributed by atoms with Crippen molar-refractivity contribution < 1.29 is 9.18 Å². The van der Waals surface area contributed by atoms with Gasteiger partial charge >= 0.3 is 0 Å². The smallest absolute Gasteiger partial charge is 0.230 e. The minimum absolute atomic E-state index is 0.0125. The lowest BCUT2D eigenvalue weighted by Crippen LogP contribution is -2.32. The molecule has 0 unspecified atom stereocenters. The van der Waals surface area contributed by atoms with Crippen LogP contribution in [0.3, 0.4) is 0 Å². The van der Waals surface area contributed by atoms with Gasteiger partial charge in [0.1, 0.15) is 5.82 Å². The molecule has 1 aromatic heterocycles. The van der Waals surface area contributed by atoms with E-state index in [0.717, 1.165) is 19.3 Å². The highest BCUT2D eigenvalue weighted by atomic mass is 32.2. The molecule has 144 valence electrons. The second-order valence-corrected chi connectivity index (χ2v) is 8.71. The van der Waals surface area contributed by atoms with Crippen molar-refractivity contribution in [3.8, 4) is 0 Å². The Balaban J connectivity index is 1.30. The Morgan fingerprint density at radius 1 is 1.21 bits per heavy atom. The number of benzene rings is 2. The zero-order valence-electron chi connectivity index (χ0n) is 15.0. The molecular weight excluding hydrogens is 395 g/mol. The molecule has 0 spiro atoms. The van der Waals surface area contributed by atoms with Gasteiger partial charge in [-0.05, 0) is 48.6 Å². The molecule has 5 nitrogen and oxygen atoms in total. The summed E-state index contributed by atoms with van der Waals surface area (Å²) in [7, 11) is 0. The maximum absolute atomic E-state index is 13.2. The number of carbonyl (C=O) groups excluding carboxylic acids is 1. The number of hydrogen-bond acceptors (Lipinski definition) is 6. The molecule has 3 aromatic rings. The molecule has 2 N–H and O–H groups in total. The van der Waals surface area contributed by atoms with Gasteiger partial charge in [0.2, 0.25) is 11.0 Å². The molecule has 0 aliphatic heterocycles. The standard InChI is InChI=1S/C20H19FN4OS2/c21-14-7-4-8-15(11-14)22-19-24-25-20(28-19)27-12-18(26)23-17-10-3-6-13-5-1-2-9-16(13)17/h1-2,4-5,7-9,11,17H,3,6,10,12H2,(H,22,24)(H,23,26)/t17-/m1/s1. The molecule has 8 heteroatoms. The molecule has 1 atom stereocenters. The Morgan fingerprint density at radius 3 is 3.00 bits per heavy atom. The van der Waals surface area contributed by atoms with Gasteiger partial charge in [-0.15, -0.1) is 10.2 Å². The lowest BCUT2D eigenvalue weighted by atomic mass is 9.88. The van der Waals surface area contributed by atoms with Gasteiger partial charge in [0, 0.05) is 5.69 Å². The van der Waals surface area contributed by atoms with Crippen molar-refractivity contribution in [2.75, 3.05) is 11.1 Å². The summed E-state index contributed by atoms with van der Waals surface area (Å²) in [5.74, 6) is -0.0422. The van der Waals surface area contributed by atoms with E-state index < -0.39 is 0 Å². The van der Waals surface area contributed by atoms with E-state index in [1.807, 2.05) is 12.1 Å². The van der Waals surface area contributed by atoms with Crippen LogP contribution in [0.1, 0.15) is 30.0 Å². The topological polar surface area (TPSA) is 66.9 Å². The lowest BCUT2D eigenvalue weighted by Gasteiger charge is -2.26. The van der Waals surface area contributed by atoms with Crippen LogP contribution in [0.5, 0.6) is 0 Å². The first-order valence-corrected chi connectivity index (χ1v) is 10.8. The number of aryl methyl sites for hydroxylation is 1. The van der Waals surface area contributed by atoms with Gasteiger partial charge in [-0.2, -0.15) is 0 Å². The SMILES string of the molecule is O=C(CSc1nnc(Nc2cccc(F)c2)s1)N[C@@H]1CCCc2ccccc21. The Bertz CT molecular complexity index is 978. The third kappa shape index (κ3) is 4.69. The van der Waals surface area contributed by atoms with Crippen molar-refractivity contribution in [3.63, 3.8) is 0 Å². The number of thioether (sulfide) groups is 1. The highest BCUT2D eigenvalue weighted by Gasteiger charge is 2.21. The van der Waals surface area contributed by atoms with Gasteiger partial charge in [0.05, 0.1) is 11.8 Å². The summed E-state index contributed by atoms with van der Waals surface area (Å²) in [4.78, 5) is 12.4. The number of anilines is 2. The average Bonchev–Trinajstić information content (AvgIpc) is 3.14. The number of nitrogens with zero attached hydrogens (tertiary/aromatic N) is 2. The number of amides is 1. The molecular formula is C20H19FN4OS2. The van der Waals surface area contributed by atoms with Crippen LogP contribution in [0, 0.1) is 5.82 Å². The predicted molar refractivity (Wildman–Crippen MR) is 111 cm³/mol. The van der Waals surface area contributed by atoms with E-state index in [4.69, 9.17) is 0 Å². The van der Waals surface area contributed by atoms with Crippen molar-refractivity contribution >= 4 is 39.8 Å². The van der Waals surface area contributed by atoms with E-state index in [0.29, 0.717) is 15.2 Å². The molecule has 2 aromatic carbocycles. The van der Waals surface area contributed by atoms with Crippen molar-refractivity contribution in [2.45, 2.75) is 29.6 Å². The second kappa shape index (κ2) is 8.70. The van der Waals surface area contributed by atoms with Gasteiger partial charge in [-0.1, -0.05) is 53.4 Å². The first-order valence-electron chi connectivity index (χ1n) is 9.03. The van der Waals surface area contributed by atoms with E-state index in [1.165, 1.54) is 46.4 Å². The zero-order chi connectivity index (χ0) is 19.3. The summed E-state index contributed by atoms with van der Waals surface area (Å²) < 4.78 is 13.9. The van der Waals surface area contributed by atoms with Gasteiger partial charge in [-0.25, -0.2) is 4.39 Å². The summed E-state index contributed by atoms with van der Waals surface area (Å²) in [5, 5.41) is 14.9. The highest BCUT2D eigenvalue weighted by Crippen LogP contribution is 2.30. The zero-order valence-corrected chi connectivity index (χ0v) is 16.7.